The molecule has 142 valence electrons. The second kappa shape index (κ2) is 9.96. The van der Waals surface area contributed by atoms with E-state index in [2.05, 4.69) is 58.9 Å². The molecule has 0 saturated heterocycles. The van der Waals surface area contributed by atoms with Crippen LogP contribution in [0.4, 0.5) is 0 Å². The lowest BCUT2D eigenvalue weighted by Gasteiger charge is -2.40. The van der Waals surface area contributed by atoms with Gasteiger partial charge in [0.05, 0.1) is 6.04 Å². The summed E-state index contributed by atoms with van der Waals surface area (Å²) in [6.45, 7) is 13.6. The van der Waals surface area contributed by atoms with Crippen molar-refractivity contribution in [1.82, 2.24) is 4.90 Å². The molecule has 1 rings (SSSR count). The van der Waals surface area contributed by atoms with Gasteiger partial charge in [-0.1, -0.05) is 57.0 Å². The fourth-order valence-electron chi connectivity index (χ4n) is 3.89. The Morgan fingerprint density at radius 1 is 1.16 bits per heavy atom. The van der Waals surface area contributed by atoms with Crippen LogP contribution >= 0.6 is 0 Å². The van der Waals surface area contributed by atoms with Gasteiger partial charge in [-0.05, 0) is 50.0 Å². The maximum Gasteiger partial charge on any atom is 0.219 e. The Morgan fingerprint density at radius 2 is 1.76 bits per heavy atom. The molecule has 0 saturated carbocycles. The zero-order valence-electron chi connectivity index (χ0n) is 17.0. The van der Waals surface area contributed by atoms with Crippen molar-refractivity contribution in [3.05, 3.63) is 35.4 Å². The first-order valence-corrected chi connectivity index (χ1v) is 9.72. The average molecular weight is 348 g/mol. The number of amides is 1. The van der Waals surface area contributed by atoms with Gasteiger partial charge in [0.25, 0.3) is 0 Å². The van der Waals surface area contributed by atoms with Crippen LogP contribution in [0.2, 0.25) is 0 Å². The van der Waals surface area contributed by atoms with E-state index in [4.69, 9.17) is 0 Å². The minimum Gasteiger partial charge on any atom is -0.396 e. The summed E-state index contributed by atoms with van der Waals surface area (Å²) in [5.41, 5.74) is 2.60. The zero-order chi connectivity index (χ0) is 19.0. The first-order chi connectivity index (χ1) is 11.8. The van der Waals surface area contributed by atoms with Gasteiger partial charge >= 0.3 is 0 Å². The van der Waals surface area contributed by atoms with Gasteiger partial charge in [0.1, 0.15) is 0 Å². The predicted molar refractivity (Wildman–Crippen MR) is 105 cm³/mol. The molecule has 0 aliphatic carbocycles. The minimum atomic E-state index is 0.0812. The molecule has 0 radical (unpaired) electrons. The average Bonchev–Trinajstić information content (AvgIpc) is 2.57. The van der Waals surface area contributed by atoms with E-state index in [9.17, 15) is 9.90 Å². The third kappa shape index (κ3) is 5.85. The molecule has 0 aliphatic heterocycles. The van der Waals surface area contributed by atoms with Gasteiger partial charge in [-0.25, -0.2) is 0 Å². The van der Waals surface area contributed by atoms with Crippen molar-refractivity contribution < 1.29 is 9.90 Å². The molecule has 1 aromatic carbocycles. The lowest BCUT2D eigenvalue weighted by molar-refractivity contribution is -0.131. The molecule has 1 aromatic rings. The van der Waals surface area contributed by atoms with Crippen molar-refractivity contribution in [2.75, 3.05) is 13.2 Å². The third-order valence-electron chi connectivity index (χ3n) is 6.04. The van der Waals surface area contributed by atoms with Crippen molar-refractivity contribution >= 4 is 5.91 Å². The highest BCUT2D eigenvalue weighted by Gasteiger charge is 2.32. The van der Waals surface area contributed by atoms with Gasteiger partial charge in [-0.3, -0.25) is 4.79 Å². The van der Waals surface area contributed by atoms with Gasteiger partial charge < -0.3 is 10.0 Å². The van der Waals surface area contributed by atoms with Crippen molar-refractivity contribution in [1.29, 1.82) is 0 Å². The fourth-order valence-corrected chi connectivity index (χ4v) is 3.89. The van der Waals surface area contributed by atoms with E-state index in [1.807, 2.05) is 4.90 Å². The Balaban J connectivity index is 2.92. The molecule has 25 heavy (non-hydrogen) atoms. The first-order valence-electron chi connectivity index (χ1n) is 9.72. The van der Waals surface area contributed by atoms with Crippen LogP contribution in [0.1, 0.15) is 77.5 Å². The SMILES string of the molecule is CCC(CCCO)(CCN(C(C)=O)[C@@H](C)c1ccc(C)cc1)C(C)C. The summed E-state index contributed by atoms with van der Waals surface area (Å²) in [7, 11) is 0. The summed E-state index contributed by atoms with van der Waals surface area (Å²) in [4.78, 5) is 14.3. The van der Waals surface area contributed by atoms with Crippen LogP contribution < -0.4 is 0 Å². The molecular weight excluding hydrogens is 310 g/mol. The molecule has 0 aromatic heterocycles. The maximum atomic E-state index is 12.3. The van der Waals surface area contributed by atoms with Crippen LogP contribution in [0.3, 0.4) is 0 Å². The van der Waals surface area contributed by atoms with Crippen molar-refractivity contribution in [2.24, 2.45) is 11.3 Å². The van der Waals surface area contributed by atoms with Gasteiger partial charge in [0, 0.05) is 20.1 Å². The van der Waals surface area contributed by atoms with Crippen LogP contribution in [0.15, 0.2) is 24.3 Å². The van der Waals surface area contributed by atoms with Gasteiger partial charge in [0.2, 0.25) is 5.91 Å². The van der Waals surface area contributed by atoms with E-state index in [0.29, 0.717) is 5.92 Å². The Labute approximate surface area is 154 Å². The molecule has 0 heterocycles. The highest BCUT2D eigenvalue weighted by Crippen LogP contribution is 2.40. The number of carbonyl (C=O) groups excluding carboxylic acids is 1. The molecule has 2 atom stereocenters. The maximum absolute atomic E-state index is 12.3. The molecule has 3 nitrogen and oxygen atoms in total. The Bertz CT molecular complexity index is 523. The van der Waals surface area contributed by atoms with Crippen molar-refractivity contribution in [3.63, 3.8) is 0 Å². The Morgan fingerprint density at radius 3 is 2.20 bits per heavy atom. The minimum absolute atomic E-state index is 0.0812. The Kier molecular flexibility index (Phi) is 8.64. The van der Waals surface area contributed by atoms with Crippen LogP contribution in [0, 0.1) is 18.3 Å². The number of benzene rings is 1. The topological polar surface area (TPSA) is 40.5 Å². The second-order valence-electron chi connectivity index (χ2n) is 7.75. The smallest absolute Gasteiger partial charge is 0.219 e. The van der Waals surface area contributed by atoms with E-state index in [1.165, 1.54) is 11.1 Å². The third-order valence-corrected chi connectivity index (χ3v) is 6.04. The van der Waals surface area contributed by atoms with E-state index in [-0.39, 0.29) is 24.0 Å². The largest absolute Gasteiger partial charge is 0.396 e. The standard InChI is InChI=1S/C22H37NO2/c1-7-22(17(2)3,13-8-16-24)14-15-23(20(6)25)19(5)21-11-9-18(4)10-12-21/h9-12,17,19,24H,7-8,13-16H2,1-6H3/t19-,22?/m0/s1. The molecule has 1 unspecified atom stereocenters. The van der Waals surface area contributed by atoms with E-state index >= 15 is 0 Å². The molecule has 1 N–H and O–H groups in total. The molecule has 0 fully saturated rings. The first kappa shape index (κ1) is 21.7. The highest BCUT2D eigenvalue weighted by molar-refractivity contribution is 5.73. The monoisotopic (exact) mass is 347 g/mol. The summed E-state index contributed by atoms with van der Waals surface area (Å²) in [5, 5.41) is 9.27. The number of carbonyl (C=O) groups is 1. The molecule has 3 heteroatoms. The molecule has 0 spiro atoms. The summed E-state index contributed by atoms with van der Waals surface area (Å²) >= 11 is 0. The zero-order valence-corrected chi connectivity index (χ0v) is 17.0. The number of aryl methyl sites for hydroxylation is 1. The molecule has 0 bridgehead atoms. The van der Waals surface area contributed by atoms with Gasteiger partial charge in [-0.2, -0.15) is 0 Å². The molecular formula is C22H37NO2. The lowest BCUT2D eigenvalue weighted by Crippen LogP contribution is -2.37. The number of aliphatic hydroxyl groups is 1. The van der Waals surface area contributed by atoms with E-state index in [0.717, 1.165) is 32.2 Å². The molecule has 0 aliphatic rings. The lowest BCUT2D eigenvalue weighted by atomic mass is 9.69. The quantitative estimate of drug-likeness (QED) is 0.638. The summed E-state index contributed by atoms with van der Waals surface area (Å²) in [5.74, 6) is 0.663. The summed E-state index contributed by atoms with van der Waals surface area (Å²) < 4.78 is 0. The summed E-state index contributed by atoms with van der Waals surface area (Å²) in [6, 6.07) is 8.54. The highest BCUT2D eigenvalue weighted by atomic mass is 16.2. The predicted octanol–water partition coefficient (Wildman–Crippen LogP) is 5.12. The van der Waals surface area contributed by atoms with Crippen LogP contribution in [0.25, 0.3) is 0 Å². The number of rotatable bonds is 10. The number of hydrogen-bond acceptors (Lipinski definition) is 2. The van der Waals surface area contributed by atoms with Gasteiger partial charge in [-0.15, -0.1) is 0 Å². The normalized spacial score (nSPS) is 15.0. The van der Waals surface area contributed by atoms with Crippen LogP contribution in [0.5, 0.6) is 0 Å². The summed E-state index contributed by atoms with van der Waals surface area (Å²) in [6.07, 6.45) is 3.91. The fraction of sp³-hybridized carbons (Fsp3) is 0.682. The van der Waals surface area contributed by atoms with Gasteiger partial charge in [0.15, 0.2) is 0 Å². The van der Waals surface area contributed by atoms with E-state index < -0.39 is 0 Å². The Hall–Kier alpha value is -1.35. The number of hydrogen-bond donors (Lipinski definition) is 1. The van der Waals surface area contributed by atoms with Crippen LogP contribution in [-0.2, 0) is 4.79 Å². The molecule has 1 amide bonds. The van der Waals surface area contributed by atoms with Crippen molar-refractivity contribution in [2.45, 2.75) is 73.3 Å². The van der Waals surface area contributed by atoms with E-state index in [1.54, 1.807) is 6.92 Å². The second-order valence-corrected chi connectivity index (χ2v) is 7.75. The van der Waals surface area contributed by atoms with Crippen molar-refractivity contribution in [3.8, 4) is 0 Å². The number of nitrogens with zero attached hydrogens (tertiary/aromatic N) is 1. The number of aliphatic hydroxyl groups excluding tert-OH is 1. The van der Waals surface area contributed by atoms with Crippen LogP contribution in [-0.4, -0.2) is 29.1 Å².